The summed E-state index contributed by atoms with van der Waals surface area (Å²) in [5.41, 5.74) is 0.0992. The number of hydrogen-bond acceptors (Lipinski definition) is 4. The molecule has 0 unspecified atom stereocenters. The number of carbonyl (C=O) groups excluding carboxylic acids is 1. The summed E-state index contributed by atoms with van der Waals surface area (Å²) in [5, 5.41) is 2.43. The van der Waals surface area contributed by atoms with Gasteiger partial charge in [-0.15, -0.1) is 11.8 Å². The van der Waals surface area contributed by atoms with E-state index in [1.54, 1.807) is 0 Å². The highest BCUT2D eigenvalue weighted by Gasteiger charge is 2.14. The third kappa shape index (κ3) is 4.70. The number of anilines is 1. The van der Waals surface area contributed by atoms with Crippen molar-refractivity contribution in [3.8, 4) is 0 Å². The molecular weight excluding hydrogens is 383 g/mol. The Hall–Kier alpha value is -1.61. The molecule has 0 aliphatic carbocycles. The number of hydrogen-bond donors (Lipinski definition) is 1. The van der Waals surface area contributed by atoms with Gasteiger partial charge in [-0.3, -0.25) is 4.79 Å². The zero-order valence-corrected chi connectivity index (χ0v) is 13.3. The van der Waals surface area contributed by atoms with E-state index in [9.17, 15) is 18.0 Å². The molecule has 116 valence electrons. The van der Waals surface area contributed by atoms with E-state index in [2.05, 4.69) is 31.2 Å². The van der Waals surface area contributed by atoms with Crippen molar-refractivity contribution < 1.29 is 18.0 Å². The van der Waals surface area contributed by atoms with Gasteiger partial charge in [0.15, 0.2) is 0 Å². The fraction of sp³-hybridized carbons (Fsp3) is 0.154. The van der Waals surface area contributed by atoms with Crippen LogP contribution in [0, 0.1) is 5.82 Å². The zero-order chi connectivity index (χ0) is 16.1. The summed E-state index contributed by atoms with van der Waals surface area (Å²) in [4.78, 5) is 20.0. The minimum Gasteiger partial charge on any atom is -0.318 e. The maximum Gasteiger partial charge on any atom is 0.293 e. The molecule has 1 aromatic heterocycles. The molecule has 1 aromatic carbocycles. The largest absolute Gasteiger partial charge is 0.318 e. The van der Waals surface area contributed by atoms with E-state index in [0.29, 0.717) is 9.37 Å². The van der Waals surface area contributed by atoms with Gasteiger partial charge < -0.3 is 5.32 Å². The molecule has 0 aliphatic heterocycles. The van der Waals surface area contributed by atoms with Crippen molar-refractivity contribution in [1.82, 2.24) is 9.97 Å². The fourth-order valence-corrected chi connectivity index (χ4v) is 2.43. The van der Waals surface area contributed by atoms with Gasteiger partial charge >= 0.3 is 0 Å². The first-order chi connectivity index (χ1) is 10.5. The molecule has 4 nitrogen and oxygen atoms in total. The summed E-state index contributed by atoms with van der Waals surface area (Å²) in [6.07, 6.45) is 0.272. The number of rotatable bonds is 5. The lowest BCUT2D eigenvalue weighted by molar-refractivity contribution is 0.101. The minimum absolute atomic E-state index is 0.0992. The van der Waals surface area contributed by atoms with E-state index in [1.807, 2.05) is 0 Å². The number of amides is 1. The van der Waals surface area contributed by atoms with Crippen molar-refractivity contribution in [2.45, 2.75) is 11.3 Å². The Balaban J connectivity index is 2.18. The van der Waals surface area contributed by atoms with Crippen LogP contribution in [0.2, 0.25) is 0 Å². The Labute approximate surface area is 136 Å². The molecule has 0 radical (unpaired) electrons. The van der Waals surface area contributed by atoms with E-state index >= 15 is 0 Å². The maximum absolute atomic E-state index is 13.3. The van der Waals surface area contributed by atoms with E-state index < -0.39 is 23.9 Å². The first-order valence-corrected chi connectivity index (χ1v) is 7.73. The van der Waals surface area contributed by atoms with Crippen LogP contribution < -0.4 is 5.32 Å². The summed E-state index contributed by atoms with van der Waals surface area (Å²) in [6.45, 7) is 0. The molecule has 0 bridgehead atoms. The van der Waals surface area contributed by atoms with E-state index in [-0.39, 0.29) is 11.5 Å². The summed E-state index contributed by atoms with van der Waals surface area (Å²) in [6, 6.07) is 3.53. The van der Waals surface area contributed by atoms with Crippen LogP contribution in [-0.4, -0.2) is 28.1 Å². The van der Waals surface area contributed by atoms with E-state index in [0.717, 1.165) is 23.9 Å². The van der Waals surface area contributed by atoms with Gasteiger partial charge in [-0.05, 0) is 34.1 Å². The predicted molar refractivity (Wildman–Crippen MR) is 80.8 cm³/mol. The topological polar surface area (TPSA) is 54.9 Å². The standard InChI is InChI=1S/C13H9BrF3N3OS/c14-7-4-18-12(19-5-7)13(21)20-9-3-8(15)1-2-10(9)22-6-11(16)17/h1-5,11H,6H2,(H,20,21). The van der Waals surface area contributed by atoms with Crippen LogP contribution in [0.1, 0.15) is 10.6 Å². The molecule has 1 heterocycles. The molecule has 1 N–H and O–H groups in total. The molecule has 1 amide bonds. The molecule has 2 rings (SSSR count). The molecule has 0 atom stereocenters. The Bertz CT molecular complexity index is 670. The third-order valence-corrected chi connectivity index (χ3v) is 3.87. The smallest absolute Gasteiger partial charge is 0.293 e. The van der Waals surface area contributed by atoms with Crippen molar-refractivity contribution in [2.24, 2.45) is 0 Å². The summed E-state index contributed by atoms with van der Waals surface area (Å²) >= 11 is 3.96. The molecule has 0 fully saturated rings. The Morgan fingerprint density at radius 1 is 1.32 bits per heavy atom. The molecule has 0 aliphatic rings. The Morgan fingerprint density at radius 2 is 2.00 bits per heavy atom. The number of aromatic nitrogens is 2. The molecule has 22 heavy (non-hydrogen) atoms. The molecule has 0 saturated carbocycles. The minimum atomic E-state index is -2.51. The number of benzene rings is 1. The van der Waals surface area contributed by atoms with Crippen LogP contribution in [0.5, 0.6) is 0 Å². The van der Waals surface area contributed by atoms with Crippen LogP contribution in [0.4, 0.5) is 18.9 Å². The number of nitrogens with one attached hydrogen (secondary N) is 1. The maximum atomic E-state index is 13.3. The first-order valence-electron chi connectivity index (χ1n) is 5.95. The highest BCUT2D eigenvalue weighted by Crippen LogP contribution is 2.29. The Kier molecular flexibility index (Phi) is 5.78. The van der Waals surface area contributed by atoms with Crippen molar-refractivity contribution in [1.29, 1.82) is 0 Å². The third-order valence-electron chi connectivity index (χ3n) is 2.38. The van der Waals surface area contributed by atoms with Gasteiger partial charge in [0.25, 0.3) is 5.91 Å². The molecule has 0 spiro atoms. The second-order valence-corrected chi connectivity index (χ2v) is 6.00. The number of nitrogens with zero attached hydrogens (tertiary/aromatic N) is 2. The van der Waals surface area contributed by atoms with E-state index in [1.165, 1.54) is 18.5 Å². The van der Waals surface area contributed by atoms with Crippen LogP contribution >= 0.6 is 27.7 Å². The van der Waals surface area contributed by atoms with Crippen LogP contribution in [0.25, 0.3) is 0 Å². The Morgan fingerprint density at radius 3 is 2.64 bits per heavy atom. The van der Waals surface area contributed by atoms with Gasteiger partial charge in [0.2, 0.25) is 12.2 Å². The van der Waals surface area contributed by atoms with Crippen molar-refractivity contribution >= 4 is 39.3 Å². The van der Waals surface area contributed by atoms with Gasteiger partial charge in [-0.2, -0.15) is 0 Å². The van der Waals surface area contributed by atoms with Gasteiger partial charge in [-0.25, -0.2) is 23.1 Å². The average Bonchev–Trinajstić information content (AvgIpc) is 2.47. The molecule has 0 saturated heterocycles. The zero-order valence-electron chi connectivity index (χ0n) is 10.9. The van der Waals surface area contributed by atoms with Gasteiger partial charge in [0.1, 0.15) is 5.82 Å². The average molecular weight is 392 g/mol. The molecule has 9 heteroatoms. The van der Waals surface area contributed by atoms with Crippen molar-refractivity contribution in [2.75, 3.05) is 11.1 Å². The predicted octanol–water partition coefficient (Wildman–Crippen LogP) is 3.99. The lowest BCUT2D eigenvalue weighted by Gasteiger charge is -2.10. The highest BCUT2D eigenvalue weighted by atomic mass is 79.9. The van der Waals surface area contributed by atoms with Crippen LogP contribution in [0.15, 0.2) is 40.0 Å². The quantitative estimate of drug-likeness (QED) is 0.782. The molecular formula is C13H9BrF3N3OS. The van der Waals surface area contributed by atoms with Crippen molar-refractivity contribution in [3.63, 3.8) is 0 Å². The SMILES string of the molecule is O=C(Nc1cc(F)ccc1SCC(F)F)c1ncc(Br)cn1. The highest BCUT2D eigenvalue weighted by molar-refractivity contribution is 9.10. The van der Waals surface area contributed by atoms with Gasteiger partial charge in [0, 0.05) is 17.3 Å². The number of alkyl halides is 2. The first kappa shape index (κ1) is 16.8. The summed E-state index contributed by atoms with van der Waals surface area (Å²) in [5.74, 6) is -1.81. The van der Waals surface area contributed by atoms with Crippen LogP contribution in [-0.2, 0) is 0 Å². The lowest BCUT2D eigenvalue weighted by atomic mass is 10.3. The second kappa shape index (κ2) is 7.59. The summed E-state index contributed by atoms with van der Waals surface area (Å²) in [7, 11) is 0. The van der Waals surface area contributed by atoms with E-state index in [4.69, 9.17) is 0 Å². The second-order valence-electron chi connectivity index (χ2n) is 4.02. The number of thioether (sulfide) groups is 1. The monoisotopic (exact) mass is 391 g/mol. The molecule has 2 aromatic rings. The van der Waals surface area contributed by atoms with Crippen molar-refractivity contribution in [3.05, 3.63) is 46.7 Å². The fourth-order valence-electron chi connectivity index (χ4n) is 1.49. The number of carbonyl (C=O) groups is 1. The van der Waals surface area contributed by atoms with Crippen LogP contribution in [0.3, 0.4) is 0 Å². The van der Waals surface area contributed by atoms with Gasteiger partial charge in [0.05, 0.1) is 15.9 Å². The number of halogens is 4. The lowest BCUT2D eigenvalue weighted by Crippen LogP contribution is -2.16. The summed E-state index contributed by atoms with van der Waals surface area (Å²) < 4.78 is 38.5. The van der Waals surface area contributed by atoms with Gasteiger partial charge in [-0.1, -0.05) is 0 Å². The normalized spacial score (nSPS) is 10.8.